The van der Waals surface area contributed by atoms with Gasteiger partial charge in [0.15, 0.2) is 0 Å². The van der Waals surface area contributed by atoms with E-state index in [2.05, 4.69) is 30.3 Å². The van der Waals surface area contributed by atoms with Crippen molar-refractivity contribution in [3.8, 4) is 0 Å². The van der Waals surface area contributed by atoms with Gasteiger partial charge in [0.25, 0.3) is 0 Å². The fourth-order valence-electron chi connectivity index (χ4n) is 2.96. The van der Waals surface area contributed by atoms with E-state index in [9.17, 15) is 0 Å². The van der Waals surface area contributed by atoms with Crippen LogP contribution in [0.2, 0.25) is 5.02 Å². The Morgan fingerprint density at radius 3 is 2.71 bits per heavy atom. The van der Waals surface area contributed by atoms with Crippen LogP contribution in [-0.2, 0) is 12.2 Å². The number of rotatable bonds is 3. The second-order valence-corrected chi connectivity index (χ2v) is 7.19. The van der Waals surface area contributed by atoms with Crippen LogP contribution in [0.1, 0.15) is 35.6 Å². The maximum Gasteiger partial charge on any atom is 0.0446 e. The molecule has 0 saturated heterocycles. The molecule has 1 nitrogen and oxygen atoms in total. The van der Waals surface area contributed by atoms with Gasteiger partial charge in [0, 0.05) is 22.1 Å². The number of hydrogen-bond acceptors (Lipinski definition) is 2. The molecule has 0 radical (unpaired) electrons. The molecule has 21 heavy (non-hydrogen) atoms. The number of fused-ring (bicyclic) bond motifs is 1. The lowest BCUT2D eigenvalue weighted by Gasteiger charge is -2.22. The van der Waals surface area contributed by atoms with Gasteiger partial charge in [-0.1, -0.05) is 54.1 Å². The van der Waals surface area contributed by atoms with Crippen LogP contribution in [0.25, 0.3) is 0 Å². The van der Waals surface area contributed by atoms with Crippen molar-refractivity contribution in [3.63, 3.8) is 0 Å². The Balaban J connectivity index is 1.73. The molecule has 0 amide bonds. The number of thioether (sulfide) groups is 1. The van der Waals surface area contributed by atoms with E-state index in [1.807, 2.05) is 30.0 Å². The Morgan fingerprint density at radius 1 is 1.10 bits per heavy atom. The standard InChI is InChI=1S/C18H20ClNS/c19-16-10-4-2-7-14(16)12-21-17-11-5-8-13-6-1-3-9-15(13)18(17)20/h1-4,6-7,9-10,17-18H,5,8,11-12,20H2. The maximum absolute atomic E-state index is 6.54. The topological polar surface area (TPSA) is 26.0 Å². The van der Waals surface area contributed by atoms with Crippen molar-refractivity contribution in [2.45, 2.75) is 36.3 Å². The molecule has 3 heteroatoms. The summed E-state index contributed by atoms with van der Waals surface area (Å²) in [6, 6.07) is 16.8. The highest BCUT2D eigenvalue weighted by Crippen LogP contribution is 2.36. The first kappa shape index (κ1) is 15.0. The molecule has 2 unspecified atom stereocenters. The third-order valence-electron chi connectivity index (χ3n) is 4.16. The lowest BCUT2D eigenvalue weighted by atomic mass is 10.00. The van der Waals surface area contributed by atoms with Crippen molar-refractivity contribution in [3.05, 3.63) is 70.2 Å². The molecule has 2 N–H and O–H groups in total. The third-order valence-corrected chi connectivity index (χ3v) is 5.96. The van der Waals surface area contributed by atoms with E-state index in [0.717, 1.165) is 17.2 Å². The van der Waals surface area contributed by atoms with Crippen LogP contribution >= 0.6 is 23.4 Å². The Morgan fingerprint density at radius 2 is 1.86 bits per heavy atom. The quantitative estimate of drug-likeness (QED) is 0.808. The van der Waals surface area contributed by atoms with Gasteiger partial charge in [0.1, 0.15) is 0 Å². The van der Waals surface area contributed by atoms with Crippen molar-refractivity contribution in [1.29, 1.82) is 0 Å². The average Bonchev–Trinajstić information content (AvgIpc) is 2.67. The zero-order valence-electron chi connectivity index (χ0n) is 12.0. The first-order valence-electron chi connectivity index (χ1n) is 7.44. The highest BCUT2D eigenvalue weighted by atomic mass is 35.5. The first-order valence-corrected chi connectivity index (χ1v) is 8.87. The van der Waals surface area contributed by atoms with E-state index >= 15 is 0 Å². The van der Waals surface area contributed by atoms with Gasteiger partial charge in [0.2, 0.25) is 0 Å². The van der Waals surface area contributed by atoms with Crippen molar-refractivity contribution >= 4 is 23.4 Å². The molecule has 3 rings (SSSR count). The van der Waals surface area contributed by atoms with Crippen LogP contribution in [0.5, 0.6) is 0 Å². The molecule has 2 aromatic carbocycles. The van der Waals surface area contributed by atoms with Crippen LogP contribution in [0.3, 0.4) is 0 Å². The summed E-state index contributed by atoms with van der Waals surface area (Å²) in [6.07, 6.45) is 3.53. The van der Waals surface area contributed by atoms with Gasteiger partial charge in [-0.3, -0.25) is 0 Å². The largest absolute Gasteiger partial charge is 0.323 e. The Labute approximate surface area is 135 Å². The Hall–Kier alpha value is -0.960. The van der Waals surface area contributed by atoms with Gasteiger partial charge < -0.3 is 5.73 Å². The maximum atomic E-state index is 6.54. The molecule has 0 fully saturated rings. The normalized spacial score (nSPS) is 21.6. The van der Waals surface area contributed by atoms with Crippen molar-refractivity contribution < 1.29 is 0 Å². The van der Waals surface area contributed by atoms with Crippen LogP contribution in [0, 0.1) is 0 Å². The summed E-state index contributed by atoms with van der Waals surface area (Å²) < 4.78 is 0. The number of hydrogen-bond donors (Lipinski definition) is 1. The lowest BCUT2D eigenvalue weighted by molar-refractivity contribution is 0.632. The first-order chi connectivity index (χ1) is 10.3. The number of aryl methyl sites for hydroxylation is 1. The van der Waals surface area contributed by atoms with Gasteiger partial charge in [-0.2, -0.15) is 11.8 Å². The van der Waals surface area contributed by atoms with Crippen molar-refractivity contribution in [1.82, 2.24) is 0 Å². The van der Waals surface area contributed by atoms with E-state index < -0.39 is 0 Å². The SMILES string of the molecule is NC1c2ccccc2CCCC1SCc1ccccc1Cl. The molecule has 0 heterocycles. The van der Waals surface area contributed by atoms with Gasteiger partial charge in [-0.15, -0.1) is 0 Å². The lowest BCUT2D eigenvalue weighted by Crippen LogP contribution is -2.23. The average molecular weight is 318 g/mol. The fraction of sp³-hybridized carbons (Fsp3) is 0.333. The van der Waals surface area contributed by atoms with E-state index in [1.54, 1.807) is 0 Å². The third kappa shape index (κ3) is 3.45. The molecule has 0 aromatic heterocycles. The van der Waals surface area contributed by atoms with E-state index in [4.69, 9.17) is 17.3 Å². The fourth-order valence-corrected chi connectivity index (χ4v) is 4.57. The molecule has 2 atom stereocenters. The minimum atomic E-state index is 0.121. The zero-order valence-corrected chi connectivity index (χ0v) is 13.5. The molecular formula is C18H20ClNS. The highest BCUT2D eigenvalue weighted by molar-refractivity contribution is 7.99. The minimum Gasteiger partial charge on any atom is -0.323 e. The second kappa shape index (κ2) is 6.87. The molecular weight excluding hydrogens is 298 g/mol. The van der Waals surface area contributed by atoms with E-state index in [0.29, 0.717) is 5.25 Å². The summed E-state index contributed by atoms with van der Waals surface area (Å²) in [5.74, 6) is 0.931. The highest BCUT2D eigenvalue weighted by Gasteiger charge is 2.25. The summed E-state index contributed by atoms with van der Waals surface area (Å²) in [6.45, 7) is 0. The van der Waals surface area contributed by atoms with Crippen LogP contribution in [-0.4, -0.2) is 5.25 Å². The molecule has 2 aromatic rings. The summed E-state index contributed by atoms with van der Waals surface area (Å²) >= 11 is 8.19. The van der Waals surface area contributed by atoms with Crippen LogP contribution in [0.4, 0.5) is 0 Å². The van der Waals surface area contributed by atoms with Gasteiger partial charge in [-0.25, -0.2) is 0 Å². The molecule has 0 bridgehead atoms. The second-order valence-electron chi connectivity index (χ2n) is 5.56. The van der Waals surface area contributed by atoms with Crippen molar-refractivity contribution in [2.75, 3.05) is 0 Å². The van der Waals surface area contributed by atoms with Gasteiger partial charge in [0.05, 0.1) is 0 Å². The van der Waals surface area contributed by atoms with E-state index in [-0.39, 0.29) is 6.04 Å². The van der Waals surface area contributed by atoms with E-state index in [1.165, 1.54) is 29.5 Å². The summed E-state index contributed by atoms with van der Waals surface area (Å²) in [7, 11) is 0. The molecule has 1 aliphatic carbocycles. The summed E-state index contributed by atoms with van der Waals surface area (Å²) in [5.41, 5.74) is 10.5. The van der Waals surface area contributed by atoms with Crippen molar-refractivity contribution in [2.24, 2.45) is 5.73 Å². The summed E-state index contributed by atoms with van der Waals surface area (Å²) in [5, 5.41) is 1.32. The molecule has 0 aliphatic heterocycles. The Bertz CT molecular complexity index is 614. The number of benzene rings is 2. The van der Waals surface area contributed by atoms with Crippen LogP contribution in [0.15, 0.2) is 48.5 Å². The molecule has 0 saturated carbocycles. The molecule has 110 valence electrons. The summed E-state index contributed by atoms with van der Waals surface area (Å²) in [4.78, 5) is 0. The molecule has 1 aliphatic rings. The monoisotopic (exact) mass is 317 g/mol. The minimum absolute atomic E-state index is 0.121. The van der Waals surface area contributed by atoms with Gasteiger partial charge in [-0.05, 0) is 42.0 Å². The predicted octanol–water partition coefficient (Wildman–Crippen LogP) is 4.98. The number of halogens is 1. The van der Waals surface area contributed by atoms with Gasteiger partial charge >= 0.3 is 0 Å². The number of nitrogens with two attached hydrogens (primary N) is 1. The van der Waals surface area contributed by atoms with Crippen LogP contribution < -0.4 is 5.73 Å². The predicted molar refractivity (Wildman–Crippen MR) is 92.8 cm³/mol. The zero-order chi connectivity index (χ0) is 14.7. The smallest absolute Gasteiger partial charge is 0.0446 e. The molecule has 0 spiro atoms. The Kier molecular flexibility index (Phi) is 4.89.